The lowest BCUT2D eigenvalue weighted by Gasteiger charge is -2.13. The number of carbonyl (C=O) groups is 3. The summed E-state index contributed by atoms with van der Waals surface area (Å²) in [6.45, 7) is 7.45. The smallest absolute Gasteiger partial charge is 0.316 e. The van der Waals surface area contributed by atoms with Gasteiger partial charge in [-0.25, -0.2) is 0 Å². The highest BCUT2D eigenvalue weighted by molar-refractivity contribution is 8.00. The molecule has 0 aliphatic carbocycles. The fourth-order valence-electron chi connectivity index (χ4n) is 1.96. The topological polar surface area (TPSA) is 84.5 Å². The van der Waals surface area contributed by atoms with E-state index in [-0.39, 0.29) is 11.7 Å². The summed E-state index contributed by atoms with van der Waals surface area (Å²) >= 11 is 1.37. The summed E-state index contributed by atoms with van der Waals surface area (Å²) < 4.78 is 4.93. The van der Waals surface area contributed by atoms with Gasteiger partial charge in [-0.15, -0.1) is 11.8 Å². The van der Waals surface area contributed by atoms with Gasteiger partial charge in [0.15, 0.2) is 6.61 Å². The molecular weight excluding hydrogens is 328 g/mol. The van der Waals surface area contributed by atoms with E-state index in [1.54, 1.807) is 13.8 Å². The van der Waals surface area contributed by atoms with Crippen molar-refractivity contribution < 1.29 is 19.1 Å². The maximum atomic E-state index is 11.7. The number of amides is 2. The van der Waals surface area contributed by atoms with Crippen LogP contribution in [0.1, 0.15) is 25.0 Å². The summed E-state index contributed by atoms with van der Waals surface area (Å²) in [5.74, 6) is -1.12. The second-order valence-electron chi connectivity index (χ2n) is 5.40. The molecule has 0 fully saturated rings. The third-order valence-electron chi connectivity index (χ3n) is 3.16. The highest BCUT2D eigenvalue weighted by atomic mass is 32.2. The lowest BCUT2D eigenvalue weighted by molar-refractivity contribution is -0.146. The molecule has 0 spiro atoms. The molecule has 24 heavy (non-hydrogen) atoms. The van der Waals surface area contributed by atoms with Gasteiger partial charge in [0.05, 0.1) is 5.75 Å². The predicted molar refractivity (Wildman–Crippen MR) is 93.9 cm³/mol. The van der Waals surface area contributed by atoms with Crippen LogP contribution in [0.25, 0.3) is 0 Å². The van der Waals surface area contributed by atoms with Gasteiger partial charge in [0.1, 0.15) is 6.04 Å². The first-order chi connectivity index (χ1) is 11.3. The van der Waals surface area contributed by atoms with E-state index in [0.717, 1.165) is 16.0 Å². The number of hydrogen-bond acceptors (Lipinski definition) is 5. The normalized spacial score (nSPS) is 11.5. The SMILES string of the molecule is CCNC(=O)[C@H](C)NC(=O)COC(=O)CSc1ccc(C)cc1C. The number of esters is 1. The number of carbonyl (C=O) groups excluding carboxylic acids is 3. The summed E-state index contributed by atoms with van der Waals surface area (Å²) in [6.07, 6.45) is 0. The first-order valence-electron chi connectivity index (χ1n) is 7.76. The number of thioether (sulfide) groups is 1. The second kappa shape index (κ2) is 9.97. The molecule has 0 aliphatic heterocycles. The highest BCUT2D eigenvalue weighted by Crippen LogP contribution is 2.23. The van der Waals surface area contributed by atoms with Gasteiger partial charge in [0.25, 0.3) is 5.91 Å². The van der Waals surface area contributed by atoms with E-state index in [1.807, 2.05) is 32.0 Å². The maximum absolute atomic E-state index is 11.7. The Bertz CT molecular complexity index is 604. The van der Waals surface area contributed by atoms with Gasteiger partial charge in [0.2, 0.25) is 5.91 Å². The summed E-state index contributed by atoms with van der Waals surface area (Å²) in [5.41, 5.74) is 2.26. The van der Waals surface area contributed by atoms with Gasteiger partial charge in [0, 0.05) is 11.4 Å². The minimum Gasteiger partial charge on any atom is -0.455 e. The quantitative estimate of drug-likeness (QED) is 0.548. The first-order valence-corrected chi connectivity index (χ1v) is 8.74. The fraction of sp³-hybridized carbons (Fsp3) is 0.471. The molecule has 0 unspecified atom stereocenters. The molecule has 2 N–H and O–H groups in total. The van der Waals surface area contributed by atoms with E-state index < -0.39 is 24.5 Å². The van der Waals surface area contributed by atoms with Gasteiger partial charge in [-0.3, -0.25) is 14.4 Å². The van der Waals surface area contributed by atoms with Crippen LogP contribution in [0, 0.1) is 13.8 Å². The van der Waals surface area contributed by atoms with Crippen molar-refractivity contribution in [3.8, 4) is 0 Å². The van der Waals surface area contributed by atoms with Crippen molar-refractivity contribution in [2.24, 2.45) is 0 Å². The molecule has 1 rings (SSSR count). The Hall–Kier alpha value is -2.02. The first kappa shape index (κ1) is 20.0. The van der Waals surface area contributed by atoms with Crippen LogP contribution < -0.4 is 10.6 Å². The molecule has 0 aliphatic rings. The molecule has 132 valence electrons. The molecule has 6 nitrogen and oxygen atoms in total. The molecule has 0 radical (unpaired) electrons. The van der Waals surface area contributed by atoms with Crippen molar-refractivity contribution >= 4 is 29.5 Å². The van der Waals surface area contributed by atoms with Gasteiger partial charge < -0.3 is 15.4 Å². The number of rotatable bonds is 8. The molecule has 0 saturated heterocycles. The zero-order valence-corrected chi connectivity index (χ0v) is 15.3. The largest absolute Gasteiger partial charge is 0.455 e. The van der Waals surface area contributed by atoms with E-state index in [9.17, 15) is 14.4 Å². The van der Waals surface area contributed by atoms with Gasteiger partial charge in [-0.05, 0) is 39.3 Å². The van der Waals surface area contributed by atoms with Crippen LogP contribution in [0.3, 0.4) is 0 Å². The summed E-state index contributed by atoms with van der Waals surface area (Å²) in [7, 11) is 0. The Morgan fingerprint density at radius 3 is 2.58 bits per heavy atom. The zero-order chi connectivity index (χ0) is 18.1. The van der Waals surface area contributed by atoms with Crippen LogP contribution >= 0.6 is 11.8 Å². The summed E-state index contributed by atoms with van der Waals surface area (Å²) in [6, 6.07) is 5.32. The number of likely N-dealkylation sites (N-methyl/N-ethyl adjacent to an activating group) is 1. The van der Waals surface area contributed by atoms with E-state index in [0.29, 0.717) is 6.54 Å². The standard InChI is InChI=1S/C17H24N2O4S/c1-5-18-17(22)13(4)19-15(20)9-23-16(21)10-24-14-7-6-11(2)8-12(14)3/h6-8,13H,5,9-10H2,1-4H3,(H,18,22)(H,19,20)/t13-/m0/s1. The van der Waals surface area contributed by atoms with Crippen molar-refractivity contribution in [2.45, 2.75) is 38.6 Å². The Kier molecular flexibility index (Phi) is 8.32. The van der Waals surface area contributed by atoms with Crippen LogP contribution in [-0.2, 0) is 19.1 Å². The van der Waals surface area contributed by atoms with Crippen molar-refractivity contribution in [1.82, 2.24) is 10.6 Å². The summed E-state index contributed by atoms with van der Waals surface area (Å²) in [4.78, 5) is 35.9. The lowest BCUT2D eigenvalue weighted by Crippen LogP contribution is -2.46. The molecule has 0 aromatic heterocycles. The molecule has 1 atom stereocenters. The molecule has 1 aromatic carbocycles. The number of aryl methyl sites for hydroxylation is 2. The van der Waals surface area contributed by atoms with Crippen molar-refractivity contribution in [2.75, 3.05) is 18.9 Å². The number of benzene rings is 1. The molecule has 0 heterocycles. The number of ether oxygens (including phenoxy) is 1. The minimum atomic E-state index is -0.666. The fourth-order valence-corrected chi connectivity index (χ4v) is 2.77. The third-order valence-corrected chi connectivity index (χ3v) is 4.31. The van der Waals surface area contributed by atoms with Crippen molar-refractivity contribution in [1.29, 1.82) is 0 Å². The predicted octanol–water partition coefficient (Wildman–Crippen LogP) is 1.58. The van der Waals surface area contributed by atoms with Crippen LogP contribution in [0.2, 0.25) is 0 Å². The molecule has 1 aromatic rings. The van der Waals surface area contributed by atoms with Gasteiger partial charge in [-0.1, -0.05) is 17.7 Å². The molecule has 0 saturated carbocycles. The second-order valence-corrected chi connectivity index (χ2v) is 6.42. The Balaban J connectivity index is 2.33. The van der Waals surface area contributed by atoms with E-state index >= 15 is 0 Å². The van der Waals surface area contributed by atoms with Crippen LogP contribution in [-0.4, -0.2) is 42.7 Å². The van der Waals surface area contributed by atoms with Gasteiger partial charge in [-0.2, -0.15) is 0 Å². The van der Waals surface area contributed by atoms with Crippen molar-refractivity contribution in [3.05, 3.63) is 29.3 Å². The van der Waals surface area contributed by atoms with Crippen LogP contribution in [0.5, 0.6) is 0 Å². The van der Waals surface area contributed by atoms with Gasteiger partial charge >= 0.3 is 5.97 Å². The zero-order valence-electron chi connectivity index (χ0n) is 14.5. The van der Waals surface area contributed by atoms with E-state index in [4.69, 9.17) is 4.74 Å². The average molecular weight is 352 g/mol. The third kappa shape index (κ3) is 7.04. The monoisotopic (exact) mass is 352 g/mol. The van der Waals surface area contributed by atoms with Crippen molar-refractivity contribution in [3.63, 3.8) is 0 Å². The maximum Gasteiger partial charge on any atom is 0.316 e. The number of nitrogens with one attached hydrogen (secondary N) is 2. The van der Waals surface area contributed by atoms with Crippen LogP contribution in [0.15, 0.2) is 23.1 Å². The molecule has 2 amide bonds. The van der Waals surface area contributed by atoms with E-state index in [1.165, 1.54) is 11.8 Å². The molecular formula is C17H24N2O4S. The summed E-state index contributed by atoms with van der Waals surface area (Å²) in [5, 5.41) is 5.07. The minimum absolute atomic E-state index is 0.128. The molecule has 7 heteroatoms. The van der Waals surface area contributed by atoms with E-state index in [2.05, 4.69) is 10.6 Å². The highest BCUT2D eigenvalue weighted by Gasteiger charge is 2.16. The Morgan fingerprint density at radius 1 is 1.25 bits per heavy atom. The number of hydrogen-bond donors (Lipinski definition) is 2. The molecule has 0 bridgehead atoms. The Morgan fingerprint density at radius 2 is 1.96 bits per heavy atom. The van der Waals surface area contributed by atoms with Crippen LogP contribution in [0.4, 0.5) is 0 Å². The lowest BCUT2D eigenvalue weighted by atomic mass is 10.2. The Labute approximate surface area is 146 Å². The average Bonchev–Trinajstić information content (AvgIpc) is 2.52.